The highest BCUT2D eigenvalue weighted by molar-refractivity contribution is 5.92. The van der Waals surface area contributed by atoms with Gasteiger partial charge in [0.05, 0.1) is 0 Å². The van der Waals surface area contributed by atoms with E-state index in [4.69, 9.17) is 0 Å². The Bertz CT molecular complexity index is 897. The summed E-state index contributed by atoms with van der Waals surface area (Å²) in [6, 6.07) is 18.6. The van der Waals surface area contributed by atoms with Crippen LogP contribution in [-0.4, -0.2) is 0 Å². The van der Waals surface area contributed by atoms with E-state index in [1.165, 1.54) is 44.2 Å². The molecule has 0 N–H and O–H groups in total. The summed E-state index contributed by atoms with van der Waals surface area (Å²) in [5.41, 5.74) is 8.44. The van der Waals surface area contributed by atoms with Gasteiger partial charge in [-0.2, -0.15) is 0 Å². The van der Waals surface area contributed by atoms with Crippen LogP contribution in [0.3, 0.4) is 0 Å². The third-order valence-electron chi connectivity index (χ3n) is 5.38. The van der Waals surface area contributed by atoms with Crippen molar-refractivity contribution >= 4 is 10.8 Å². The maximum absolute atomic E-state index is 2.36. The average molecular weight is 331 g/mol. The van der Waals surface area contributed by atoms with Gasteiger partial charge in [0.1, 0.15) is 0 Å². The van der Waals surface area contributed by atoms with Crippen LogP contribution in [0.25, 0.3) is 21.9 Å². The number of hydrogen-bond acceptors (Lipinski definition) is 0. The number of fused-ring (bicyclic) bond motifs is 1. The van der Waals surface area contributed by atoms with Crippen molar-refractivity contribution in [2.75, 3.05) is 0 Å². The molecule has 0 amide bonds. The van der Waals surface area contributed by atoms with Gasteiger partial charge in [0, 0.05) is 0 Å². The van der Waals surface area contributed by atoms with Crippen LogP contribution in [0.4, 0.5) is 0 Å². The van der Waals surface area contributed by atoms with Crippen LogP contribution in [0.1, 0.15) is 68.7 Å². The monoisotopic (exact) mass is 330 g/mol. The van der Waals surface area contributed by atoms with Crippen LogP contribution < -0.4 is 0 Å². The van der Waals surface area contributed by atoms with Gasteiger partial charge in [-0.05, 0) is 69.3 Å². The molecule has 3 aromatic carbocycles. The van der Waals surface area contributed by atoms with Crippen LogP contribution in [0, 0.1) is 6.92 Å². The van der Waals surface area contributed by atoms with Gasteiger partial charge < -0.3 is 0 Å². The molecule has 0 aliphatic carbocycles. The van der Waals surface area contributed by atoms with Crippen molar-refractivity contribution in [3.05, 3.63) is 70.8 Å². The molecule has 0 fully saturated rings. The fraction of sp³-hybridized carbons (Fsp3) is 0.360. The minimum absolute atomic E-state index is 0.569. The van der Waals surface area contributed by atoms with E-state index in [2.05, 4.69) is 90.1 Å². The maximum atomic E-state index is 2.36. The predicted molar refractivity (Wildman–Crippen MR) is 112 cm³/mol. The van der Waals surface area contributed by atoms with E-state index >= 15 is 0 Å². The highest BCUT2D eigenvalue weighted by Gasteiger charge is 2.12. The van der Waals surface area contributed by atoms with Crippen LogP contribution in [0.2, 0.25) is 0 Å². The fourth-order valence-electron chi connectivity index (χ4n) is 3.75. The lowest BCUT2D eigenvalue weighted by atomic mass is 9.88. The van der Waals surface area contributed by atoms with Crippen LogP contribution in [0.15, 0.2) is 48.5 Å². The summed E-state index contributed by atoms with van der Waals surface area (Å²) in [6.07, 6.45) is 1.05. The Balaban J connectivity index is 2.18. The highest BCUT2D eigenvalue weighted by atomic mass is 14.2. The lowest BCUT2D eigenvalue weighted by molar-refractivity contribution is 0.865. The second-order valence-electron chi connectivity index (χ2n) is 7.81. The number of rotatable bonds is 4. The number of aryl methyl sites for hydroxylation is 2. The molecular weight excluding hydrogens is 300 g/mol. The SMILES string of the molecule is CCc1c(-c2ccc(C(C)C)cc2C)ccc2cc(C(C)C)ccc12. The molecule has 0 bridgehead atoms. The van der Waals surface area contributed by atoms with Crippen LogP contribution in [-0.2, 0) is 6.42 Å². The molecule has 0 nitrogen and oxygen atoms in total. The Hall–Kier alpha value is -2.08. The molecule has 0 heteroatoms. The van der Waals surface area contributed by atoms with Gasteiger partial charge in [-0.15, -0.1) is 0 Å². The van der Waals surface area contributed by atoms with E-state index in [0.717, 1.165) is 6.42 Å². The Morgan fingerprint density at radius 1 is 0.720 bits per heavy atom. The van der Waals surface area contributed by atoms with E-state index in [9.17, 15) is 0 Å². The standard InChI is InChI=1S/C25H30/c1-7-22-24-12-9-20(17(4)5)15-21(24)10-13-25(22)23-11-8-19(16(2)3)14-18(23)6/h8-17H,7H2,1-6H3. The predicted octanol–water partition coefficient (Wildman–Crippen LogP) is 7.62. The smallest absolute Gasteiger partial charge is 0.0143 e. The number of hydrogen-bond donors (Lipinski definition) is 0. The topological polar surface area (TPSA) is 0 Å². The fourth-order valence-corrected chi connectivity index (χ4v) is 3.75. The van der Waals surface area contributed by atoms with Crippen LogP contribution in [0.5, 0.6) is 0 Å². The van der Waals surface area contributed by atoms with Crippen LogP contribution >= 0.6 is 0 Å². The first-order valence-electron chi connectivity index (χ1n) is 9.58. The van der Waals surface area contributed by atoms with Gasteiger partial charge >= 0.3 is 0 Å². The summed E-state index contributed by atoms with van der Waals surface area (Å²) in [7, 11) is 0. The summed E-state index contributed by atoms with van der Waals surface area (Å²) in [4.78, 5) is 0. The lowest BCUT2D eigenvalue weighted by Crippen LogP contribution is -1.95. The zero-order valence-electron chi connectivity index (χ0n) is 16.5. The molecule has 0 radical (unpaired) electrons. The zero-order chi connectivity index (χ0) is 18.1. The molecule has 0 saturated heterocycles. The van der Waals surface area contributed by atoms with Crippen molar-refractivity contribution in [2.45, 2.75) is 59.8 Å². The largest absolute Gasteiger partial charge is 0.0612 e. The Labute approximate surface area is 152 Å². The first-order chi connectivity index (χ1) is 11.9. The zero-order valence-corrected chi connectivity index (χ0v) is 16.5. The van der Waals surface area contributed by atoms with Crippen molar-refractivity contribution in [1.29, 1.82) is 0 Å². The van der Waals surface area contributed by atoms with Gasteiger partial charge in [-0.25, -0.2) is 0 Å². The van der Waals surface area contributed by atoms with Crippen molar-refractivity contribution in [3.63, 3.8) is 0 Å². The Morgan fingerprint density at radius 2 is 1.32 bits per heavy atom. The molecule has 25 heavy (non-hydrogen) atoms. The number of benzene rings is 3. The minimum Gasteiger partial charge on any atom is -0.0612 e. The molecule has 130 valence electrons. The third-order valence-corrected chi connectivity index (χ3v) is 5.38. The Morgan fingerprint density at radius 3 is 1.92 bits per heavy atom. The van der Waals surface area contributed by atoms with Crippen molar-refractivity contribution in [2.24, 2.45) is 0 Å². The second-order valence-corrected chi connectivity index (χ2v) is 7.81. The average Bonchev–Trinajstić information content (AvgIpc) is 2.60. The lowest BCUT2D eigenvalue weighted by Gasteiger charge is -2.17. The van der Waals surface area contributed by atoms with Crippen molar-refractivity contribution in [1.82, 2.24) is 0 Å². The Kier molecular flexibility index (Phi) is 4.99. The normalized spacial score (nSPS) is 11.7. The van der Waals surface area contributed by atoms with Crippen molar-refractivity contribution in [3.8, 4) is 11.1 Å². The summed E-state index contributed by atoms with van der Waals surface area (Å²) in [5, 5.41) is 2.76. The molecule has 0 atom stereocenters. The van der Waals surface area contributed by atoms with E-state index in [0.29, 0.717) is 11.8 Å². The summed E-state index contributed by atoms with van der Waals surface area (Å²) in [5.74, 6) is 1.14. The summed E-state index contributed by atoms with van der Waals surface area (Å²) >= 11 is 0. The maximum Gasteiger partial charge on any atom is -0.0143 e. The van der Waals surface area contributed by atoms with E-state index in [1.54, 1.807) is 0 Å². The quantitative estimate of drug-likeness (QED) is 0.461. The first kappa shape index (κ1) is 17.7. The summed E-state index contributed by atoms with van der Waals surface area (Å²) in [6.45, 7) is 13.5. The second kappa shape index (κ2) is 7.04. The van der Waals surface area contributed by atoms with E-state index in [1.807, 2.05) is 0 Å². The molecule has 0 heterocycles. The van der Waals surface area contributed by atoms with Crippen molar-refractivity contribution < 1.29 is 0 Å². The molecule has 0 spiro atoms. The van der Waals surface area contributed by atoms with E-state index < -0.39 is 0 Å². The van der Waals surface area contributed by atoms with E-state index in [-0.39, 0.29) is 0 Å². The minimum atomic E-state index is 0.569. The van der Waals surface area contributed by atoms with Gasteiger partial charge in [0.25, 0.3) is 0 Å². The summed E-state index contributed by atoms with van der Waals surface area (Å²) < 4.78 is 0. The molecule has 0 saturated carbocycles. The molecule has 0 unspecified atom stereocenters. The first-order valence-corrected chi connectivity index (χ1v) is 9.58. The van der Waals surface area contributed by atoms with Gasteiger partial charge in [-0.3, -0.25) is 0 Å². The van der Waals surface area contributed by atoms with Gasteiger partial charge in [0.15, 0.2) is 0 Å². The molecule has 0 aliphatic heterocycles. The molecule has 3 aromatic rings. The third kappa shape index (κ3) is 3.35. The molecule has 0 aliphatic rings. The van der Waals surface area contributed by atoms with Gasteiger partial charge in [-0.1, -0.05) is 83.1 Å². The molecule has 0 aromatic heterocycles. The highest BCUT2D eigenvalue weighted by Crippen LogP contribution is 2.35. The van der Waals surface area contributed by atoms with Gasteiger partial charge in [0.2, 0.25) is 0 Å². The molecule has 3 rings (SSSR count). The molecular formula is C25H30.